The molecule has 0 atom stereocenters. The minimum Gasteiger partial charge on any atom is -0.463 e. The number of nitrogens with one attached hydrogen (secondary N) is 1. The third-order valence-corrected chi connectivity index (χ3v) is 3.50. The van der Waals surface area contributed by atoms with Crippen molar-refractivity contribution in [3.63, 3.8) is 0 Å². The van der Waals surface area contributed by atoms with Crippen molar-refractivity contribution < 1.29 is 18.7 Å². The Morgan fingerprint density at radius 1 is 1.30 bits per heavy atom. The maximum Gasteiger partial charge on any atom is 0.355 e. The van der Waals surface area contributed by atoms with Gasteiger partial charge in [-0.05, 0) is 19.3 Å². The Kier molecular flexibility index (Phi) is 3.45. The van der Waals surface area contributed by atoms with E-state index in [0.717, 1.165) is 37.9 Å². The molecule has 1 aliphatic heterocycles. The molecule has 3 heterocycles. The standard InChI is InChI=1S/C14H16N2O4/c17-13(16-5-2-1-3-6-16)9-20-14(18)11-8-12-10(15-11)4-7-19-12/h4,7-8,15H,1-3,5-6,9H2. The minimum absolute atomic E-state index is 0.131. The summed E-state index contributed by atoms with van der Waals surface area (Å²) in [5.41, 5.74) is 1.63. The number of aromatic nitrogens is 1. The zero-order chi connectivity index (χ0) is 13.9. The fourth-order valence-electron chi connectivity index (χ4n) is 2.40. The summed E-state index contributed by atoms with van der Waals surface area (Å²) >= 11 is 0. The predicted molar refractivity (Wildman–Crippen MR) is 71.3 cm³/mol. The average molecular weight is 276 g/mol. The second kappa shape index (κ2) is 5.40. The first-order valence-electron chi connectivity index (χ1n) is 6.75. The Hall–Kier alpha value is -2.24. The molecule has 20 heavy (non-hydrogen) atoms. The number of hydrogen-bond donors (Lipinski definition) is 1. The van der Waals surface area contributed by atoms with Gasteiger partial charge in [0.25, 0.3) is 5.91 Å². The molecular weight excluding hydrogens is 260 g/mol. The Morgan fingerprint density at radius 3 is 2.85 bits per heavy atom. The second-order valence-corrected chi connectivity index (χ2v) is 4.90. The van der Waals surface area contributed by atoms with E-state index >= 15 is 0 Å². The zero-order valence-electron chi connectivity index (χ0n) is 11.1. The SMILES string of the molecule is O=C(OCC(=O)N1CCCCC1)c1cc2occc2[nH]1. The minimum atomic E-state index is -0.540. The van der Waals surface area contributed by atoms with Gasteiger partial charge in [-0.15, -0.1) is 0 Å². The number of hydrogen-bond acceptors (Lipinski definition) is 4. The highest BCUT2D eigenvalue weighted by molar-refractivity contribution is 5.94. The summed E-state index contributed by atoms with van der Waals surface area (Å²) in [6.45, 7) is 1.30. The first-order valence-corrected chi connectivity index (χ1v) is 6.75. The summed E-state index contributed by atoms with van der Waals surface area (Å²) in [6, 6.07) is 3.30. The maximum absolute atomic E-state index is 11.9. The third-order valence-electron chi connectivity index (χ3n) is 3.50. The van der Waals surface area contributed by atoms with Crippen LogP contribution in [0.1, 0.15) is 29.8 Å². The van der Waals surface area contributed by atoms with Crippen LogP contribution in [0.15, 0.2) is 22.8 Å². The number of ether oxygens (including phenoxy) is 1. The van der Waals surface area contributed by atoms with Gasteiger partial charge in [0.15, 0.2) is 12.2 Å². The first kappa shape index (κ1) is 12.8. The number of carbonyl (C=O) groups excluding carboxylic acids is 2. The third kappa shape index (κ3) is 2.54. The molecule has 3 rings (SSSR count). The van der Waals surface area contributed by atoms with Gasteiger partial charge in [-0.3, -0.25) is 4.79 Å². The van der Waals surface area contributed by atoms with Crippen LogP contribution in [0.5, 0.6) is 0 Å². The topological polar surface area (TPSA) is 75.5 Å². The Balaban J connectivity index is 1.56. The van der Waals surface area contributed by atoms with Gasteiger partial charge < -0.3 is 19.0 Å². The summed E-state index contributed by atoms with van der Waals surface area (Å²) in [7, 11) is 0. The molecule has 6 nitrogen and oxygen atoms in total. The van der Waals surface area contributed by atoms with E-state index in [9.17, 15) is 9.59 Å². The van der Waals surface area contributed by atoms with E-state index in [4.69, 9.17) is 9.15 Å². The van der Waals surface area contributed by atoms with Crippen molar-refractivity contribution >= 4 is 23.0 Å². The lowest BCUT2D eigenvalue weighted by molar-refractivity contribution is -0.135. The molecular formula is C14H16N2O4. The van der Waals surface area contributed by atoms with Crippen molar-refractivity contribution in [2.45, 2.75) is 19.3 Å². The van der Waals surface area contributed by atoms with E-state index in [0.29, 0.717) is 11.3 Å². The number of carbonyl (C=O) groups is 2. The molecule has 1 N–H and O–H groups in total. The van der Waals surface area contributed by atoms with Crippen molar-refractivity contribution in [2.24, 2.45) is 0 Å². The number of likely N-dealkylation sites (tertiary alicyclic amines) is 1. The highest BCUT2D eigenvalue weighted by Gasteiger charge is 2.19. The van der Waals surface area contributed by atoms with Crippen LogP contribution in [-0.4, -0.2) is 41.5 Å². The number of H-pyrrole nitrogens is 1. The Labute approximate surface area is 115 Å². The molecule has 6 heteroatoms. The van der Waals surface area contributed by atoms with Crippen molar-refractivity contribution in [3.8, 4) is 0 Å². The average Bonchev–Trinajstić information content (AvgIpc) is 3.06. The first-order chi connectivity index (χ1) is 9.74. The molecule has 0 aliphatic carbocycles. The van der Waals surface area contributed by atoms with Crippen LogP contribution in [0, 0.1) is 0 Å². The van der Waals surface area contributed by atoms with Gasteiger partial charge in [-0.25, -0.2) is 4.79 Å². The lowest BCUT2D eigenvalue weighted by atomic mass is 10.1. The maximum atomic E-state index is 11.9. The highest BCUT2D eigenvalue weighted by Crippen LogP contribution is 2.16. The molecule has 1 amide bonds. The molecule has 2 aromatic rings. The van der Waals surface area contributed by atoms with E-state index in [1.807, 2.05) is 0 Å². The number of esters is 1. The second-order valence-electron chi connectivity index (χ2n) is 4.90. The lowest BCUT2D eigenvalue weighted by Gasteiger charge is -2.26. The lowest BCUT2D eigenvalue weighted by Crippen LogP contribution is -2.38. The van der Waals surface area contributed by atoms with Crippen molar-refractivity contribution in [1.29, 1.82) is 0 Å². The number of nitrogens with zero attached hydrogens (tertiary/aromatic N) is 1. The monoisotopic (exact) mass is 276 g/mol. The van der Waals surface area contributed by atoms with Gasteiger partial charge in [0.1, 0.15) is 5.69 Å². The van der Waals surface area contributed by atoms with Gasteiger partial charge in [-0.1, -0.05) is 0 Å². The van der Waals surface area contributed by atoms with Crippen LogP contribution in [-0.2, 0) is 9.53 Å². The summed E-state index contributed by atoms with van der Waals surface area (Å²) in [4.78, 5) is 28.3. The molecule has 0 bridgehead atoms. The highest BCUT2D eigenvalue weighted by atomic mass is 16.5. The summed E-state index contributed by atoms with van der Waals surface area (Å²) in [5.74, 6) is -0.671. The molecule has 1 aliphatic rings. The summed E-state index contributed by atoms with van der Waals surface area (Å²) in [5, 5.41) is 0. The number of piperidine rings is 1. The number of fused-ring (bicyclic) bond motifs is 1. The van der Waals surface area contributed by atoms with Crippen LogP contribution >= 0.6 is 0 Å². The molecule has 106 valence electrons. The Morgan fingerprint density at radius 2 is 2.10 bits per heavy atom. The quantitative estimate of drug-likeness (QED) is 0.869. The van der Waals surface area contributed by atoms with E-state index in [1.54, 1.807) is 17.0 Å². The van der Waals surface area contributed by atoms with Crippen LogP contribution < -0.4 is 0 Å². The fraction of sp³-hybridized carbons (Fsp3) is 0.429. The molecule has 0 unspecified atom stereocenters. The fourth-order valence-corrected chi connectivity index (χ4v) is 2.40. The van der Waals surface area contributed by atoms with Crippen molar-refractivity contribution in [1.82, 2.24) is 9.88 Å². The Bertz CT molecular complexity index is 593. The van der Waals surface area contributed by atoms with Crippen LogP contribution in [0.4, 0.5) is 0 Å². The van der Waals surface area contributed by atoms with Gasteiger partial charge in [0.05, 0.1) is 11.8 Å². The molecule has 1 saturated heterocycles. The molecule has 0 saturated carbocycles. The smallest absolute Gasteiger partial charge is 0.355 e. The number of aromatic amines is 1. The summed E-state index contributed by atoms with van der Waals surface area (Å²) < 4.78 is 10.2. The molecule has 1 fully saturated rings. The molecule has 0 radical (unpaired) electrons. The van der Waals surface area contributed by atoms with Gasteiger partial charge in [-0.2, -0.15) is 0 Å². The number of furan rings is 1. The number of amides is 1. The number of rotatable bonds is 3. The van der Waals surface area contributed by atoms with Gasteiger partial charge in [0, 0.05) is 25.2 Å². The van der Waals surface area contributed by atoms with E-state index in [2.05, 4.69) is 4.98 Å². The normalized spacial score (nSPS) is 15.5. The predicted octanol–water partition coefficient (Wildman–Crippen LogP) is 1.93. The molecule has 0 spiro atoms. The largest absolute Gasteiger partial charge is 0.463 e. The van der Waals surface area contributed by atoms with E-state index in [-0.39, 0.29) is 12.5 Å². The van der Waals surface area contributed by atoms with E-state index < -0.39 is 5.97 Å². The van der Waals surface area contributed by atoms with Gasteiger partial charge >= 0.3 is 5.97 Å². The van der Waals surface area contributed by atoms with Gasteiger partial charge in [0.2, 0.25) is 0 Å². The van der Waals surface area contributed by atoms with Crippen LogP contribution in [0.3, 0.4) is 0 Å². The van der Waals surface area contributed by atoms with Crippen molar-refractivity contribution in [2.75, 3.05) is 19.7 Å². The van der Waals surface area contributed by atoms with Crippen LogP contribution in [0.2, 0.25) is 0 Å². The summed E-state index contributed by atoms with van der Waals surface area (Å²) in [6.07, 6.45) is 4.74. The molecule has 0 aromatic carbocycles. The van der Waals surface area contributed by atoms with Crippen LogP contribution in [0.25, 0.3) is 11.1 Å². The molecule has 2 aromatic heterocycles. The van der Waals surface area contributed by atoms with Crippen molar-refractivity contribution in [3.05, 3.63) is 24.1 Å². The zero-order valence-corrected chi connectivity index (χ0v) is 11.1. The van der Waals surface area contributed by atoms with E-state index in [1.165, 1.54) is 6.26 Å².